The zero-order valence-electron chi connectivity index (χ0n) is 9.91. The molecule has 94 valence electrons. The molecule has 1 saturated heterocycles. The summed E-state index contributed by atoms with van der Waals surface area (Å²) in [6, 6.07) is 7.17. The second-order valence-corrected chi connectivity index (χ2v) is 6.16. The van der Waals surface area contributed by atoms with Crippen LogP contribution in [0.2, 0.25) is 0 Å². The third-order valence-corrected chi connectivity index (χ3v) is 5.77. The Labute approximate surface area is 109 Å². The first-order valence-electron chi connectivity index (χ1n) is 5.90. The topological polar surface area (TPSA) is 60.2 Å². The molecule has 2 fully saturated rings. The summed E-state index contributed by atoms with van der Waals surface area (Å²) in [5.74, 6) is 0.628. The van der Waals surface area contributed by atoms with E-state index in [2.05, 4.69) is 0 Å². The lowest BCUT2D eigenvalue weighted by atomic mass is 9.92. The molecule has 1 heterocycles. The highest BCUT2D eigenvalue weighted by Crippen LogP contribution is 2.71. The Kier molecular flexibility index (Phi) is 2.48. The van der Waals surface area contributed by atoms with E-state index in [0.717, 1.165) is 17.4 Å². The van der Waals surface area contributed by atoms with E-state index in [1.54, 1.807) is 11.8 Å². The van der Waals surface area contributed by atoms with E-state index in [4.69, 9.17) is 0 Å². The molecule has 1 aliphatic carbocycles. The van der Waals surface area contributed by atoms with Gasteiger partial charge in [0.25, 0.3) is 0 Å². The van der Waals surface area contributed by atoms with Gasteiger partial charge < -0.3 is 4.79 Å². The fraction of sp³-hybridized carbons (Fsp3) is 0.462. The summed E-state index contributed by atoms with van der Waals surface area (Å²) in [6.07, 6.45) is 0.836. The first-order chi connectivity index (χ1) is 8.63. The quantitative estimate of drug-likeness (QED) is 0.476. The van der Waals surface area contributed by atoms with Crippen LogP contribution in [0.4, 0.5) is 0 Å². The number of benzene rings is 1. The average Bonchev–Trinajstić information content (AvgIpc) is 2.88. The number of hydrogen-bond donors (Lipinski definition) is 0. The Morgan fingerprint density at radius 3 is 2.78 bits per heavy atom. The van der Waals surface area contributed by atoms with Crippen molar-refractivity contribution in [2.75, 3.05) is 5.75 Å². The number of thioether (sulfide) groups is 1. The molecule has 4 nitrogen and oxygen atoms in total. The zero-order valence-corrected chi connectivity index (χ0v) is 10.7. The van der Waals surface area contributed by atoms with E-state index in [0.29, 0.717) is 5.75 Å². The van der Waals surface area contributed by atoms with Crippen LogP contribution in [0.5, 0.6) is 0 Å². The fourth-order valence-electron chi connectivity index (χ4n) is 3.20. The van der Waals surface area contributed by atoms with Gasteiger partial charge in [0, 0.05) is 15.9 Å². The number of nitrogens with zero attached hydrogens (tertiary/aromatic N) is 1. The Morgan fingerprint density at radius 2 is 2.22 bits per heavy atom. The fourth-order valence-corrected chi connectivity index (χ4v) is 5.17. The highest BCUT2D eigenvalue weighted by Gasteiger charge is 2.80. The molecule has 0 radical (unpaired) electrons. The molecule has 0 unspecified atom stereocenters. The Morgan fingerprint density at radius 1 is 1.50 bits per heavy atom. The van der Waals surface area contributed by atoms with E-state index >= 15 is 0 Å². The normalized spacial score (nSPS) is 37.1. The van der Waals surface area contributed by atoms with Crippen molar-refractivity contribution in [2.45, 2.75) is 18.2 Å². The zero-order chi connectivity index (χ0) is 12.9. The average molecular weight is 263 g/mol. The van der Waals surface area contributed by atoms with Crippen LogP contribution in [-0.2, 0) is 4.79 Å². The summed E-state index contributed by atoms with van der Waals surface area (Å²) in [4.78, 5) is 22.2. The number of fused-ring (bicyclic) bond motifs is 1. The number of hydrogen-bond acceptors (Lipinski definition) is 4. The molecule has 2 aliphatic rings. The lowest BCUT2D eigenvalue weighted by Crippen LogP contribution is -2.21. The molecule has 0 amide bonds. The van der Waals surface area contributed by atoms with Crippen molar-refractivity contribution in [1.29, 1.82) is 0 Å². The van der Waals surface area contributed by atoms with Gasteiger partial charge in [-0.15, -0.1) is 0 Å². The summed E-state index contributed by atoms with van der Waals surface area (Å²) >= 11 is 1.68. The number of carbonyl (C=O) groups is 1. The van der Waals surface area contributed by atoms with E-state index in [1.807, 2.05) is 31.2 Å². The Balaban J connectivity index is 2.02. The third kappa shape index (κ3) is 1.31. The van der Waals surface area contributed by atoms with Crippen LogP contribution in [0.1, 0.15) is 16.4 Å². The molecule has 5 heteroatoms. The van der Waals surface area contributed by atoms with Gasteiger partial charge in [-0.2, -0.15) is 11.8 Å². The van der Waals surface area contributed by atoms with E-state index in [1.165, 1.54) is 0 Å². The summed E-state index contributed by atoms with van der Waals surface area (Å²) in [6.45, 7) is 1.99. The highest BCUT2D eigenvalue weighted by molar-refractivity contribution is 8.00. The van der Waals surface area contributed by atoms with Gasteiger partial charge >= 0.3 is 0 Å². The molecular weight excluding hydrogens is 250 g/mol. The van der Waals surface area contributed by atoms with E-state index in [9.17, 15) is 14.9 Å². The Bertz CT molecular complexity index is 533. The Hall–Kier alpha value is -1.36. The van der Waals surface area contributed by atoms with Crippen LogP contribution in [-0.4, -0.2) is 23.0 Å². The van der Waals surface area contributed by atoms with Crippen LogP contribution in [0.15, 0.2) is 24.3 Å². The molecule has 3 rings (SSSR count). The molecule has 0 bridgehead atoms. The summed E-state index contributed by atoms with van der Waals surface area (Å²) < 4.78 is 0. The van der Waals surface area contributed by atoms with Gasteiger partial charge in [0.2, 0.25) is 6.04 Å². The summed E-state index contributed by atoms with van der Waals surface area (Å²) in [5.41, 5.74) is 1.41. The SMILES string of the molecule is Cc1ccccc1[C@H]1SC[C@@H]2[C@@H]([N+](=O)[O-])[C@]12C=O. The summed E-state index contributed by atoms with van der Waals surface area (Å²) in [5, 5.41) is 11.0. The predicted molar refractivity (Wildman–Crippen MR) is 69.1 cm³/mol. The van der Waals surface area contributed by atoms with Crippen molar-refractivity contribution in [2.24, 2.45) is 11.3 Å². The van der Waals surface area contributed by atoms with E-state index < -0.39 is 11.5 Å². The van der Waals surface area contributed by atoms with Gasteiger partial charge in [0.1, 0.15) is 11.7 Å². The van der Waals surface area contributed by atoms with Gasteiger partial charge in [0.05, 0.1) is 5.92 Å². The molecule has 1 aromatic rings. The maximum Gasteiger partial charge on any atom is 0.232 e. The molecule has 1 aromatic carbocycles. The minimum Gasteiger partial charge on any atom is -0.302 e. The standard InChI is InChI=1S/C13H13NO3S/c1-8-4-2-3-5-9(8)12-13(7-15)10(6-18-12)11(13)14(16)17/h2-5,7,10-12H,6H2,1H3/t10-,11-,12-,13-/m1/s1. The van der Waals surface area contributed by atoms with Gasteiger partial charge in [0.15, 0.2) is 0 Å². The van der Waals surface area contributed by atoms with E-state index in [-0.39, 0.29) is 16.1 Å². The lowest BCUT2D eigenvalue weighted by Gasteiger charge is -2.19. The molecule has 1 aliphatic heterocycles. The molecule has 0 N–H and O–H groups in total. The van der Waals surface area contributed by atoms with Crippen molar-refractivity contribution < 1.29 is 9.72 Å². The first kappa shape index (κ1) is 11.7. The maximum atomic E-state index is 11.5. The molecule has 18 heavy (non-hydrogen) atoms. The largest absolute Gasteiger partial charge is 0.302 e. The number of nitro groups is 1. The van der Waals surface area contributed by atoms with Crippen molar-refractivity contribution in [3.05, 3.63) is 45.5 Å². The van der Waals surface area contributed by atoms with Crippen molar-refractivity contribution in [3.63, 3.8) is 0 Å². The highest BCUT2D eigenvalue weighted by atomic mass is 32.2. The lowest BCUT2D eigenvalue weighted by molar-refractivity contribution is -0.503. The van der Waals surface area contributed by atoms with Crippen LogP contribution in [0, 0.1) is 28.4 Å². The van der Waals surface area contributed by atoms with Crippen LogP contribution in [0.3, 0.4) is 0 Å². The van der Waals surface area contributed by atoms with Crippen molar-refractivity contribution >= 4 is 18.0 Å². The molecule has 1 saturated carbocycles. The van der Waals surface area contributed by atoms with Crippen LogP contribution in [0.25, 0.3) is 0 Å². The second kappa shape index (κ2) is 3.82. The van der Waals surface area contributed by atoms with Gasteiger partial charge in [-0.3, -0.25) is 10.1 Å². The van der Waals surface area contributed by atoms with Crippen LogP contribution < -0.4 is 0 Å². The van der Waals surface area contributed by atoms with Crippen molar-refractivity contribution in [3.8, 4) is 0 Å². The molecule has 0 aromatic heterocycles. The minimum absolute atomic E-state index is 0.0587. The summed E-state index contributed by atoms with van der Waals surface area (Å²) in [7, 11) is 0. The number of rotatable bonds is 3. The molecule has 4 atom stereocenters. The molecule has 0 spiro atoms. The predicted octanol–water partition coefficient (Wildman–Crippen LogP) is 2.24. The van der Waals surface area contributed by atoms with Crippen molar-refractivity contribution in [1.82, 2.24) is 0 Å². The smallest absolute Gasteiger partial charge is 0.232 e. The number of carbonyl (C=O) groups excluding carboxylic acids is 1. The third-order valence-electron chi connectivity index (χ3n) is 4.23. The monoisotopic (exact) mass is 263 g/mol. The van der Waals surface area contributed by atoms with Gasteiger partial charge in [-0.05, 0) is 18.1 Å². The number of aryl methyl sites for hydroxylation is 1. The first-order valence-corrected chi connectivity index (χ1v) is 6.94. The maximum absolute atomic E-state index is 11.5. The van der Waals surface area contributed by atoms with Gasteiger partial charge in [-0.25, -0.2) is 0 Å². The number of aldehydes is 1. The van der Waals surface area contributed by atoms with Gasteiger partial charge in [-0.1, -0.05) is 24.3 Å². The van der Waals surface area contributed by atoms with Crippen LogP contribution >= 0.6 is 11.8 Å². The minimum atomic E-state index is -0.764. The second-order valence-electron chi connectivity index (χ2n) is 5.02. The molecular formula is C13H13NO3S.